The maximum Gasteiger partial charge on any atom is 0.264 e. The van der Waals surface area contributed by atoms with Crippen LogP contribution in [0, 0.1) is 11.8 Å². The molecule has 0 radical (unpaired) electrons. The number of nitrogens with one attached hydrogen (secondary N) is 2. The standard InChI is InChI=1S/C34H48ClN3O5S/c1-6-27(36-5)18-33(4,40)28-12-9-25(28)19-38-20-34(15-7-8-23-16-26(35)11-13-29(23)34)21-43-31-14-10-24(17-30(31)38)32(39)37-44(41,42)22(2)3/h10-11,13-14,16-17,22,25,27-28,36,40H,6-9,12,15,18-21H2,1-5H3,(H,37,39)/t25-,27-,28+,33-,34-/m0/s1. The smallest absolute Gasteiger partial charge is 0.264 e. The molecule has 8 nitrogen and oxygen atoms in total. The average Bonchev–Trinajstić information content (AvgIpc) is 3.10. The molecule has 1 saturated carbocycles. The van der Waals surface area contributed by atoms with E-state index in [0.29, 0.717) is 31.9 Å². The van der Waals surface area contributed by atoms with E-state index < -0.39 is 26.8 Å². The molecular formula is C34H48ClN3O5S. The van der Waals surface area contributed by atoms with E-state index in [4.69, 9.17) is 16.3 Å². The number of amides is 1. The summed E-state index contributed by atoms with van der Waals surface area (Å²) in [6.07, 6.45) is 6.56. The Kier molecular flexibility index (Phi) is 9.62. The number of sulfonamides is 1. The van der Waals surface area contributed by atoms with E-state index >= 15 is 0 Å². The minimum atomic E-state index is -3.79. The Hall–Kier alpha value is -2.33. The van der Waals surface area contributed by atoms with Crippen molar-refractivity contribution < 1.29 is 23.1 Å². The predicted octanol–water partition coefficient (Wildman–Crippen LogP) is 5.45. The predicted molar refractivity (Wildman–Crippen MR) is 176 cm³/mol. The van der Waals surface area contributed by atoms with Crippen molar-refractivity contribution in [1.29, 1.82) is 0 Å². The molecule has 44 heavy (non-hydrogen) atoms. The van der Waals surface area contributed by atoms with Gasteiger partial charge in [0, 0.05) is 35.1 Å². The average molecular weight is 646 g/mol. The van der Waals surface area contributed by atoms with E-state index in [2.05, 4.69) is 34.0 Å². The lowest BCUT2D eigenvalue weighted by molar-refractivity contribution is -0.0782. The molecule has 0 saturated heterocycles. The molecule has 1 heterocycles. The fraction of sp³-hybridized carbons (Fsp3) is 0.618. The van der Waals surface area contributed by atoms with Gasteiger partial charge in [0.05, 0.1) is 23.1 Å². The molecule has 2 aliphatic carbocycles. The number of halogens is 1. The van der Waals surface area contributed by atoms with Gasteiger partial charge >= 0.3 is 0 Å². The molecule has 1 fully saturated rings. The third-order valence-corrected chi connectivity index (χ3v) is 12.3. The summed E-state index contributed by atoms with van der Waals surface area (Å²) in [5.74, 6) is 0.429. The topological polar surface area (TPSA) is 108 Å². The molecule has 2 aromatic rings. The molecule has 0 bridgehead atoms. The zero-order valence-electron chi connectivity index (χ0n) is 26.7. The number of rotatable bonds is 10. The third kappa shape index (κ3) is 6.62. The van der Waals surface area contributed by atoms with E-state index in [9.17, 15) is 18.3 Å². The van der Waals surface area contributed by atoms with Gasteiger partial charge in [-0.15, -0.1) is 0 Å². The first-order valence-corrected chi connectivity index (χ1v) is 18.0. The molecule has 1 amide bonds. The Morgan fingerprint density at radius 1 is 1.23 bits per heavy atom. The molecule has 2 aromatic carbocycles. The summed E-state index contributed by atoms with van der Waals surface area (Å²) < 4.78 is 33.8. The first-order valence-electron chi connectivity index (χ1n) is 16.0. The van der Waals surface area contributed by atoms with Crippen molar-refractivity contribution in [2.24, 2.45) is 11.8 Å². The van der Waals surface area contributed by atoms with Crippen LogP contribution >= 0.6 is 11.6 Å². The maximum absolute atomic E-state index is 13.2. The molecule has 10 heteroatoms. The number of nitrogens with zero attached hydrogens (tertiary/aromatic N) is 1. The fourth-order valence-corrected chi connectivity index (χ4v) is 8.36. The van der Waals surface area contributed by atoms with Crippen molar-refractivity contribution >= 4 is 33.2 Å². The zero-order valence-corrected chi connectivity index (χ0v) is 28.2. The summed E-state index contributed by atoms with van der Waals surface area (Å²) in [5, 5.41) is 15.0. The molecule has 5 atom stereocenters. The van der Waals surface area contributed by atoms with Crippen LogP contribution in [0.3, 0.4) is 0 Å². The van der Waals surface area contributed by atoms with Crippen LogP contribution in [-0.2, 0) is 21.9 Å². The van der Waals surface area contributed by atoms with Crippen LogP contribution in [0.25, 0.3) is 0 Å². The number of carbonyl (C=O) groups excluding carboxylic acids is 1. The molecule has 242 valence electrons. The normalized spacial score (nSPS) is 25.2. The lowest BCUT2D eigenvalue weighted by Gasteiger charge is -2.49. The largest absolute Gasteiger partial charge is 0.490 e. The number of ether oxygens (including phenoxy) is 1. The fourth-order valence-electron chi connectivity index (χ4n) is 7.55. The minimum Gasteiger partial charge on any atom is -0.490 e. The van der Waals surface area contributed by atoms with Crippen LogP contribution in [0.1, 0.15) is 87.7 Å². The van der Waals surface area contributed by atoms with E-state index in [1.54, 1.807) is 32.0 Å². The van der Waals surface area contributed by atoms with Gasteiger partial charge in [-0.1, -0.05) is 24.6 Å². The summed E-state index contributed by atoms with van der Waals surface area (Å²) >= 11 is 6.41. The summed E-state index contributed by atoms with van der Waals surface area (Å²) in [6.45, 7) is 9.07. The van der Waals surface area contributed by atoms with Crippen LogP contribution in [0.4, 0.5) is 5.69 Å². The third-order valence-electron chi connectivity index (χ3n) is 10.4. The summed E-state index contributed by atoms with van der Waals surface area (Å²) in [5.41, 5.74) is 2.47. The molecule has 1 aliphatic heterocycles. The highest BCUT2D eigenvalue weighted by atomic mass is 35.5. The van der Waals surface area contributed by atoms with Crippen molar-refractivity contribution in [3.05, 3.63) is 58.1 Å². The SMILES string of the molecule is CC[C@@H](C[C@](C)(O)[C@@H]1CC[C@H]1CN1C[C@@]2(CCCc3cc(Cl)ccc32)COc2ccc(C(=O)NS(=O)(=O)C(C)C)cc21)NC. The van der Waals surface area contributed by atoms with Crippen LogP contribution in [-0.4, -0.2) is 63.1 Å². The first kappa shape index (κ1) is 33.0. The van der Waals surface area contributed by atoms with Gasteiger partial charge in [0.25, 0.3) is 5.91 Å². The second-order valence-corrected chi connectivity index (χ2v) is 16.4. The van der Waals surface area contributed by atoms with Crippen LogP contribution in [0.15, 0.2) is 36.4 Å². The van der Waals surface area contributed by atoms with E-state index in [-0.39, 0.29) is 28.9 Å². The molecule has 1 spiro atoms. The molecule has 0 aromatic heterocycles. The van der Waals surface area contributed by atoms with Gasteiger partial charge in [-0.2, -0.15) is 0 Å². The number of fused-ring (bicyclic) bond motifs is 3. The highest BCUT2D eigenvalue weighted by Crippen LogP contribution is 2.48. The maximum atomic E-state index is 13.2. The highest BCUT2D eigenvalue weighted by molar-refractivity contribution is 7.90. The number of hydrogen-bond donors (Lipinski definition) is 3. The van der Waals surface area contributed by atoms with Gasteiger partial charge in [-0.3, -0.25) is 4.79 Å². The van der Waals surface area contributed by atoms with E-state index in [1.165, 1.54) is 11.1 Å². The Morgan fingerprint density at radius 2 is 2.00 bits per heavy atom. The number of aliphatic hydroxyl groups is 1. The van der Waals surface area contributed by atoms with Crippen LogP contribution in [0.2, 0.25) is 5.02 Å². The van der Waals surface area contributed by atoms with Gasteiger partial charge < -0.3 is 20.1 Å². The summed E-state index contributed by atoms with van der Waals surface area (Å²) in [4.78, 5) is 15.5. The monoisotopic (exact) mass is 645 g/mol. The van der Waals surface area contributed by atoms with Crippen LogP contribution < -0.4 is 19.7 Å². The number of hydrogen-bond acceptors (Lipinski definition) is 7. The quantitative estimate of drug-likeness (QED) is 0.316. The zero-order chi connectivity index (χ0) is 31.9. The van der Waals surface area contributed by atoms with Gasteiger partial charge in [-0.25, -0.2) is 13.1 Å². The number of anilines is 1. The van der Waals surface area contributed by atoms with Crippen molar-refractivity contribution in [1.82, 2.24) is 10.0 Å². The Bertz CT molecular complexity index is 1480. The van der Waals surface area contributed by atoms with Gasteiger partial charge in [0.2, 0.25) is 10.0 Å². The van der Waals surface area contributed by atoms with Crippen molar-refractivity contribution in [2.75, 3.05) is 31.6 Å². The highest BCUT2D eigenvalue weighted by Gasteiger charge is 2.47. The molecule has 3 N–H and O–H groups in total. The number of benzene rings is 2. The molecule has 5 rings (SSSR count). The summed E-state index contributed by atoms with van der Waals surface area (Å²) in [7, 11) is -1.84. The van der Waals surface area contributed by atoms with E-state index in [1.807, 2.05) is 20.0 Å². The number of carbonyl (C=O) groups is 1. The lowest BCUT2D eigenvalue weighted by atomic mass is 9.63. The van der Waals surface area contributed by atoms with Crippen molar-refractivity contribution in [2.45, 2.75) is 94.9 Å². The molecule has 0 unspecified atom stereocenters. The first-order chi connectivity index (χ1) is 20.8. The van der Waals surface area contributed by atoms with Gasteiger partial charge in [0.1, 0.15) is 5.75 Å². The van der Waals surface area contributed by atoms with Gasteiger partial charge in [0.15, 0.2) is 0 Å². The second-order valence-electron chi connectivity index (χ2n) is 13.7. The van der Waals surface area contributed by atoms with Crippen LogP contribution in [0.5, 0.6) is 5.75 Å². The lowest BCUT2D eigenvalue weighted by Crippen LogP contribution is -2.53. The number of aryl methyl sites for hydroxylation is 1. The Balaban J connectivity index is 1.50. The Morgan fingerprint density at radius 3 is 2.66 bits per heavy atom. The molecule has 3 aliphatic rings. The summed E-state index contributed by atoms with van der Waals surface area (Å²) in [6, 6.07) is 11.6. The van der Waals surface area contributed by atoms with Gasteiger partial charge in [-0.05, 0) is 126 Å². The Labute approximate surface area is 267 Å². The van der Waals surface area contributed by atoms with E-state index in [0.717, 1.165) is 49.2 Å². The van der Waals surface area contributed by atoms with Crippen molar-refractivity contribution in [3.8, 4) is 5.75 Å². The minimum absolute atomic E-state index is 0.147. The second kappa shape index (κ2) is 12.8. The molecular weight excluding hydrogens is 598 g/mol. The van der Waals surface area contributed by atoms with Crippen molar-refractivity contribution in [3.63, 3.8) is 0 Å².